The zero-order chi connectivity index (χ0) is 7.40. The summed E-state index contributed by atoms with van der Waals surface area (Å²) in [6.07, 6.45) is 2.78. The molecule has 2 nitrogen and oxygen atoms in total. The Labute approximate surface area is 66.7 Å². The van der Waals surface area contributed by atoms with Crippen LogP contribution in [0.4, 0.5) is 0 Å². The van der Waals surface area contributed by atoms with Gasteiger partial charge in [0.05, 0.1) is 6.61 Å². The maximum atomic E-state index is 5.27. The molecule has 0 spiro atoms. The van der Waals surface area contributed by atoms with E-state index in [9.17, 15) is 0 Å². The summed E-state index contributed by atoms with van der Waals surface area (Å²) in [4.78, 5) is 0. The molecule has 0 saturated heterocycles. The van der Waals surface area contributed by atoms with Crippen molar-refractivity contribution in [3.8, 4) is 0 Å². The van der Waals surface area contributed by atoms with Crippen molar-refractivity contribution in [2.45, 2.75) is 25.0 Å². The van der Waals surface area contributed by atoms with Crippen molar-refractivity contribution in [3.63, 3.8) is 0 Å². The molecule has 0 aromatic carbocycles. The molecule has 0 aromatic rings. The van der Waals surface area contributed by atoms with Gasteiger partial charge >= 0.3 is 0 Å². The molecule has 1 atom stereocenters. The van der Waals surface area contributed by atoms with Crippen LogP contribution in [0.25, 0.3) is 0 Å². The highest BCUT2D eigenvalue weighted by Crippen LogP contribution is 2.38. The lowest BCUT2D eigenvalue weighted by Crippen LogP contribution is -2.07. The van der Waals surface area contributed by atoms with Gasteiger partial charge in [0, 0.05) is 11.8 Å². The van der Waals surface area contributed by atoms with Gasteiger partial charge < -0.3 is 9.92 Å². The summed E-state index contributed by atoms with van der Waals surface area (Å²) in [6, 6.07) is 0. The standard InChI is InChI=1S/C7H15NOS/c1-6(7-2-3-7)10-9-5-4-8/h6-7H,2-5,8H2,1H3. The molecule has 2 N–H and O–H groups in total. The molecule has 0 aliphatic heterocycles. The Morgan fingerprint density at radius 3 is 2.90 bits per heavy atom. The van der Waals surface area contributed by atoms with Crippen LogP contribution in [0.5, 0.6) is 0 Å². The smallest absolute Gasteiger partial charge is 0.0736 e. The molecule has 1 saturated carbocycles. The van der Waals surface area contributed by atoms with Crippen LogP contribution in [-0.2, 0) is 4.18 Å². The molecule has 10 heavy (non-hydrogen) atoms. The van der Waals surface area contributed by atoms with Crippen LogP contribution in [-0.4, -0.2) is 18.4 Å². The average molecular weight is 161 g/mol. The fourth-order valence-corrected chi connectivity index (χ4v) is 1.68. The van der Waals surface area contributed by atoms with Gasteiger partial charge in [-0.2, -0.15) is 0 Å². The van der Waals surface area contributed by atoms with Crippen molar-refractivity contribution in [1.82, 2.24) is 0 Å². The van der Waals surface area contributed by atoms with Crippen LogP contribution in [0.2, 0.25) is 0 Å². The second-order valence-electron chi connectivity index (χ2n) is 2.75. The van der Waals surface area contributed by atoms with Crippen LogP contribution in [0.15, 0.2) is 0 Å². The molecule has 1 aliphatic carbocycles. The molecule has 0 amide bonds. The third-order valence-corrected chi connectivity index (χ3v) is 2.70. The molecule has 60 valence electrons. The van der Waals surface area contributed by atoms with Crippen LogP contribution >= 0.6 is 12.0 Å². The van der Waals surface area contributed by atoms with Crippen molar-refractivity contribution in [1.29, 1.82) is 0 Å². The summed E-state index contributed by atoms with van der Waals surface area (Å²) in [6.45, 7) is 3.53. The van der Waals surface area contributed by atoms with Crippen LogP contribution in [0.3, 0.4) is 0 Å². The van der Waals surface area contributed by atoms with Crippen molar-refractivity contribution in [3.05, 3.63) is 0 Å². The Morgan fingerprint density at radius 1 is 1.70 bits per heavy atom. The Bertz CT molecular complexity index is 95.6. The molecular formula is C7H15NOS. The first kappa shape index (κ1) is 8.37. The number of rotatable bonds is 5. The predicted octanol–water partition coefficient (Wildman–Crippen LogP) is 1.41. The van der Waals surface area contributed by atoms with E-state index in [0.717, 1.165) is 5.92 Å². The van der Waals surface area contributed by atoms with Gasteiger partial charge in [-0.3, -0.25) is 0 Å². The molecular weight excluding hydrogens is 146 g/mol. The maximum Gasteiger partial charge on any atom is 0.0736 e. The molecule has 1 aliphatic rings. The van der Waals surface area contributed by atoms with E-state index < -0.39 is 0 Å². The minimum absolute atomic E-state index is 0.629. The summed E-state index contributed by atoms with van der Waals surface area (Å²) in [5.41, 5.74) is 5.27. The lowest BCUT2D eigenvalue weighted by atomic mass is 10.3. The van der Waals surface area contributed by atoms with E-state index in [-0.39, 0.29) is 0 Å². The fourth-order valence-electron chi connectivity index (χ4n) is 0.848. The van der Waals surface area contributed by atoms with E-state index in [1.807, 2.05) is 0 Å². The van der Waals surface area contributed by atoms with Gasteiger partial charge in [-0.25, -0.2) is 0 Å². The van der Waals surface area contributed by atoms with E-state index in [1.165, 1.54) is 12.8 Å². The second-order valence-corrected chi connectivity index (χ2v) is 3.92. The molecule has 1 rings (SSSR count). The first-order valence-electron chi connectivity index (χ1n) is 3.83. The van der Waals surface area contributed by atoms with Crippen molar-refractivity contribution in [2.24, 2.45) is 11.7 Å². The quantitative estimate of drug-likeness (QED) is 0.489. The lowest BCUT2D eigenvalue weighted by Gasteiger charge is -2.07. The normalized spacial score (nSPS) is 21.0. The van der Waals surface area contributed by atoms with E-state index in [1.54, 1.807) is 12.0 Å². The lowest BCUT2D eigenvalue weighted by molar-refractivity contribution is 0.381. The highest BCUT2D eigenvalue weighted by atomic mass is 32.2. The molecule has 0 aromatic heterocycles. The first-order chi connectivity index (χ1) is 4.84. The first-order valence-corrected chi connectivity index (χ1v) is 4.63. The van der Waals surface area contributed by atoms with Gasteiger partial charge in [-0.05, 0) is 30.8 Å². The second kappa shape index (κ2) is 4.21. The van der Waals surface area contributed by atoms with Gasteiger partial charge in [0.25, 0.3) is 0 Å². The van der Waals surface area contributed by atoms with Gasteiger partial charge in [0.2, 0.25) is 0 Å². The molecule has 1 fully saturated rings. The summed E-state index contributed by atoms with van der Waals surface area (Å²) < 4.78 is 5.24. The SMILES string of the molecule is CC(SOCCN)C1CC1. The third kappa shape index (κ3) is 2.90. The van der Waals surface area contributed by atoms with Gasteiger partial charge in [0.1, 0.15) is 0 Å². The summed E-state index contributed by atoms with van der Waals surface area (Å²) in [7, 11) is 0. The van der Waals surface area contributed by atoms with E-state index in [2.05, 4.69) is 6.92 Å². The van der Waals surface area contributed by atoms with E-state index >= 15 is 0 Å². The van der Waals surface area contributed by atoms with Gasteiger partial charge in [0.15, 0.2) is 0 Å². The van der Waals surface area contributed by atoms with E-state index in [4.69, 9.17) is 9.92 Å². The highest BCUT2D eigenvalue weighted by molar-refractivity contribution is 7.95. The fraction of sp³-hybridized carbons (Fsp3) is 1.00. The average Bonchev–Trinajstić information content (AvgIpc) is 2.69. The summed E-state index contributed by atoms with van der Waals surface area (Å²) in [5, 5.41) is 0.673. The molecule has 0 bridgehead atoms. The molecule has 0 heterocycles. The Hall–Kier alpha value is 0.270. The van der Waals surface area contributed by atoms with Gasteiger partial charge in [-0.15, -0.1) is 0 Å². The Kier molecular flexibility index (Phi) is 3.52. The topological polar surface area (TPSA) is 35.2 Å². The largest absolute Gasteiger partial charge is 0.328 e. The monoisotopic (exact) mass is 161 g/mol. The van der Waals surface area contributed by atoms with Crippen molar-refractivity contribution in [2.75, 3.05) is 13.2 Å². The zero-order valence-corrected chi connectivity index (χ0v) is 7.19. The Morgan fingerprint density at radius 2 is 2.40 bits per heavy atom. The number of hydrogen-bond acceptors (Lipinski definition) is 3. The maximum absolute atomic E-state index is 5.27. The van der Waals surface area contributed by atoms with Crippen LogP contribution < -0.4 is 5.73 Å². The minimum atomic E-state index is 0.629. The molecule has 1 unspecified atom stereocenters. The van der Waals surface area contributed by atoms with Gasteiger partial charge in [-0.1, -0.05) is 6.92 Å². The predicted molar refractivity (Wildman–Crippen MR) is 44.8 cm³/mol. The van der Waals surface area contributed by atoms with Crippen LogP contribution in [0, 0.1) is 5.92 Å². The summed E-state index contributed by atoms with van der Waals surface area (Å²) >= 11 is 1.59. The summed E-state index contributed by atoms with van der Waals surface area (Å²) in [5.74, 6) is 0.919. The molecule has 0 radical (unpaired) electrons. The van der Waals surface area contributed by atoms with Crippen molar-refractivity contribution < 1.29 is 4.18 Å². The number of nitrogens with two attached hydrogens (primary N) is 1. The van der Waals surface area contributed by atoms with Crippen molar-refractivity contribution >= 4 is 12.0 Å². The third-order valence-electron chi connectivity index (χ3n) is 1.71. The zero-order valence-electron chi connectivity index (χ0n) is 6.38. The minimum Gasteiger partial charge on any atom is -0.328 e. The van der Waals surface area contributed by atoms with Crippen LogP contribution in [0.1, 0.15) is 19.8 Å². The molecule has 3 heteroatoms. The highest BCUT2D eigenvalue weighted by Gasteiger charge is 2.28. The Balaban J connectivity index is 1.90. The number of hydrogen-bond donors (Lipinski definition) is 1. The van der Waals surface area contributed by atoms with E-state index in [0.29, 0.717) is 18.4 Å².